The summed E-state index contributed by atoms with van der Waals surface area (Å²) in [7, 11) is 0. The predicted molar refractivity (Wildman–Crippen MR) is 56.8 cm³/mol. The molecule has 0 saturated heterocycles. The fraction of sp³-hybridized carbons (Fsp3) is 1.00. The van der Waals surface area contributed by atoms with Crippen molar-refractivity contribution >= 4 is 0 Å². The van der Waals surface area contributed by atoms with Crippen LogP contribution in [0.25, 0.3) is 0 Å². The van der Waals surface area contributed by atoms with Gasteiger partial charge in [0, 0.05) is 26.4 Å². The lowest BCUT2D eigenvalue weighted by Crippen LogP contribution is -2.04. The maximum Gasteiger partial charge on any atom is 0.0833 e. The molecule has 0 radical (unpaired) electrons. The number of hydrogen-bond donors (Lipinski definition) is 0. The number of ether oxygens (including phenoxy) is 2. The van der Waals surface area contributed by atoms with Gasteiger partial charge in [-0.05, 0) is 19.3 Å². The van der Waals surface area contributed by atoms with Crippen molar-refractivity contribution in [3.05, 3.63) is 9.81 Å². The molecule has 6 nitrogen and oxygen atoms in total. The van der Waals surface area contributed by atoms with Gasteiger partial charge in [0.15, 0.2) is 0 Å². The van der Waals surface area contributed by atoms with Crippen LogP contribution in [-0.2, 0) is 9.47 Å². The predicted octanol–water partition coefficient (Wildman–Crippen LogP) is 1.72. The normalized spacial score (nSPS) is 10.1. The first kappa shape index (κ1) is 14.1. The summed E-state index contributed by atoms with van der Waals surface area (Å²) >= 11 is 0. The Morgan fingerprint density at radius 2 is 1.07 bits per heavy atom. The van der Waals surface area contributed by atoms with E-state index in [1.54, 1.807) is 0 Å². The number of hydrogen-bond acceptors (Lipinski definition) is 6. The molecule has 0 aliphatic carbocycles. The highest BCUT2D eigenvalue weighted by atomic mass is 16.5. The molecule has 0 saturated carbocycles. The van der Waals surface area contributed by atoms with Gasteiger partial charge in [-0.2, -0.15) is 9.81 Å². The van der Waals surface area contributed by atoms with Crippen LogP contribution in [0.3, 0.4) is 0 Å². The van der Waals surface area contributed by atoms with Crippen LogP contribution < -0.4 is 0 Å². The molecule has 0 rings (SSSR count). The quantitative estimate of drug-likeness (QED) is 0.369. The van der Waals surface area contributed by atoms with Crippen molar-refractivity contribution in [1.29, 1.82) is 0 Å². The lowest BCUT2D eigenvalue weighted by atomic mass is 10.4. The molecule has 0 fully saturated rings. The molecule has 0 amide bonds. The van der Waals surface area contributed by atoms with Crippen LogP contribution in [0.2, 0.25) is 0 Å². The van der Waals surface area contributed by atoms with E-state index in [1.807, 2.05) is 0 Å². The van der Waals surface area contributed by atoms with E-state index >= 15 is 0 Å². The molecule has 0 atom stereocenters. The van der Waals surface area contributed by atoms with Gasteiger partial charge < -0.3 is 9.47 Å². The molecular formula is C9H18N2O4. The Balaban J connectivity index is 2.86. The third kappa shape index (κ3) is 13.1. The highest BCUT2D eigenvalue weighted by molar-refractivity contribution is 4.43. The van der Waals surface area contributed by atoms with Crippen molar-refractivity contribution < 1.29 is 9.47 Å². The molecule has 15 heavy (non-hydrogen) atoms. The van der Waals surface area contributed by atoms with Gasteiger partial charge in [-0.25, -0.2) is 0 Å². The van der Waals surface area contributed by atoms with Crippen molar-refractivity contribution in [1.82, 2.24) is 0 Å². The minimum absolute atomic E-state index is 0.315. The molecule has 0 unspecified atom stereocenters. The van der Waals surface area contributed by atoms with E-state index in [0.717, 1.165) is 6.42 Å². The van der Waals surface area contributed by atoms with E-state index < -0.39 is 0 Å². The highest BCUT2D eigenvalue weighted by Crippen LogP contribution is 1.90. The van der Waals surface area contributed by atoms with Gasteiger partial charge in [-0.3, -0.25) is 0 Å². The molecule has 6 heteroatoms. The summed E-state index contributed by atoms with van der Waals surface area (Å²) in [6, 6.07) is 0. The van der Waals surface area contributed by atoms with Crippen LogP contribution >= 0.6 is 0 Å². The third-order valence-electron chi connectivity index (χ3n) is 1.65. The van der Waals surface area contributed by atoms with Gasteiger partial charge in [0.1, 0.15) is 0 Å². The summed E-state index contributed by atoms with van der Waals surface area (Å²) in [5, 5.41) is 5.44. The second kappa shape index (κ2) is 13.1. The van der Waals surface area contributed by atoms with E-state index in [4.69, 9.17) is 9.47 Å². The number of nitrogens with zero attached hydrogens (tertiary/aromatic N) is 2. The zero-order chi connectivity index (χ0) is 11.2. The first-order valence-electron chi connectivity index (χ1n) is 5.15. The Hall–Kier alpha value is -0.880. The summed E-state index contributed by atoms with van der Waals surface area (Å²) in [6.45, 7) is 3.03. The summed E-state index contributed by atoms with van der Waals surface area (Å²) in [5.41, 5.74) is 0. The van der Waals surface area contributed by atoms with E-state index in [1.165, 1.54) is 0 Å². The van der Waals surface area contributed by atoms with Crippen LogP contribution in [0.5, 0.6) is 0 Å². The topological polar surface area (TPSA) is 77.3 Å². The molecule has 0 aromatic carbocycles. The number of nitroso groups, excluding NO2 is 2. The fourth-order valence-electron chi connectivity index (χ4n) is 0.929. The molecule has 0 aromatic rings. The van der Waals surface area contributed by atoms with Crippen molar-refractivity contribution in [2.24, 2.45) is 10.4 Å². The van der Waals surface area contributed by atoms with Gasteiger partial charge in [-0.15, -0.1) is 0 Å². The van der Waals surface area contributed by atoms with E-state index in [2.05, 4.69) is 10.4 Å². The van der Waals surface area contributed by atoms with Crippen molar-refractivity contribution in [3.8, 4) is 0 Å². The van der Waals surface area contributed by atoms with Crippen molar-refractivity contribution in [2.75, 3.05) is 39.5 Å². The largest absolute Gasteiger partial charge is 0.381 e. The van der Waals surface area contributed by atoms with E-state index in [0.29, 0.717) is 52.4 Å². The van der Waals surface area contributed by atoms with Crippen LogP contribution in [-0.4, -0.2) is 39.5 Å². The van der Waals surface area contributed by atoms with Crippen molar-refractivity contribution in [2.45, 2.75) is 19.3 Å². The second-order valence-electron chi connectivity index (χ2n) is 2.99. The Bertz CT molecular complexity index is 139. The molecule has 0 spiro atoms. The molecule has 0 aromatic heterocycles. The summed E-state index contributed by atoms with van der Waals surface area (Å²) < 4.78 is 10.4. The average Bonchev–Trinajstić information content (AvgIpc) is 2.26. The molecule has 0 aliphatic rings. The summed E-state index contributed by atoms with van der Waals surface area (Å²) in [5.74, 6) is 0. The average molecular weight is 218 g/mol. The SMILES string of the molecule is O=NCCCOCCCOCCCN=O. The van der Waals surface area contributed by atoms with Crippen LogP contribution in [0, 0.1) is 9.81 Å². The molecule has 0 heterocycles. The second-order valence-corrected chi connectivity index (χ2v) is 2.99. The third-order valence-corrected chi connectivity index (χ3v) is 1.65. The van der Waals surface area contributed by atoms with Gasteiger partial charge in [0.2, 0.25) is 0 Å². The van der Waals surface area contributed by atoms with Gasteiger partial charge in [0.05, 0.1) is 13.1 Å². The lowest BCUT2D eigenvalue weighted by Gasteiger charge is -2.03. The molecule has 0 aliphatic heterocycles. The van der Waals surface area contributed by atoms with Crippen LogP contribution in [0.4, 0.5) is 0 Å². The minimum Gasteiger partial charge on any atom is -0.381 e. The summed E-state index contributed by atoms with van der Waals surface area (Å²) in [4.78, 5) is 19.4. The number of rotatable bonds is 12. The van der Waals surface area contributed by atoms with Gasteiger partial charge in [-0.1, -0.05) is 10.4 Å². The smallest absolute Gasteiger partial charge is 0.0833 e. The zero-order valence-corrected chi connectivity index (χ0v) is 8.89. The Kier molecular flexibility index (Phi) is 12.4. The standard InChI is InChI=1S/C9H18N2O4/c12-10-4-1-6-14-8-3-9-15-7-2-5-11-13/h1-9H2. The Morgan fingerprint density at radius 3 is 1.47 bits per heavy atom. The maximum atomic E-state index is 9.71. The molecule has 88 valence electrons. The molecule has 0 bridgehead atoms. The first-order chi connectivity index (χ1) is 7.41. The van der Waals surface area contributed by atoms with Gasteiger partial charge >= 0.3 is 0 Å². The fourth-order valence-corrected chi connectivity index (χ4v) is 0.929. The van der Waals surface area contributed by atoms with E-state index in [9.17, 15) is 9.81 Å². The minimum atomic E-state index is 0.315. The molecule has 0 N–H and O–H groups in total. The van der Waals surface area contributed by atoms with Crippen LogP contribution in [0.15, 0.2) is 10.4 Å². The Labute approximate surface area is 89.3 Å². The van der Waals surface area contributed by atoms with Crippen molar-refractivity contribution in [3.63, 3.8) is 0 Å². The van der Waals surface area contributed by atoms with Gasteiger partial charge in [0.25, 0.3) is 0 Å². The monoisotopic (exact) mass is 218 g/mol. The maximum absolute atomic E-state index is 9.71. The van der Waals surface area contributed by atoms with E-state index in [-0.39, 0.29) is 0 Å². The highest BCUT2D eigenvalue weighted by Gasteiger charge is 1.91. The Morgan fingerprint density at radius 1 is 0.667 bits per heavy atom. The zero-order valence-electron chi connectivity index (χ0n) is 8.89. The first-order valence-corrected chi connectivity index (χ1v) is 5.15. The molecular weight excluding hydrogens is 200 g/mol. The lowest BCUT2D eigenvalue weighted by molar-refractivity contribution is 0.0821. The summed E-state index contributed by atoms with van der Waals surface area (Å²) in [6.07, 6.45) is 2.17. The van der Waals surface area contributed by atoms with Crippen LogP contribution in [0.1, 0.15) is 19.3 Å².